The van der Waals surface area contributed by atoms with Crippen molar-refractivity contribution in [2.45, 2.75) is 32.4 Å². The molecule has 5 nitrogen and oxygen atoms in total. The molecule has 0 aliphatic rings. The monoisotopic (exact) mass is 349 g/mol. The summed E-state index contributed by atoms with van der Waals surface area (Å²) in [6.45, 7) is 3.36. The number of aromatic nitrogens is 1. The van der Waals surface area contributed by atoms with Crippen LogP contribution in [-0.4, -0.2) is 22.8 Å². The Kier molecular flexibility index (Phi) is 5.37. The molecular formula is C21H23N3O2. The van der Waals surface area contributed by atoms with Gasteiger partial charge in [-0.25, -0.2) is 0 Å². The fourth-order valence-electron chi connectivity index (χ4n) is 3.11. The molecule has 3 N–H and O–H groups in total. The van der Waals surface area contributed by atoms with Gasteiger partial charge in [-0.05, 0) is 24.1 Å². The van der Waals surface area contributed by atoms with Gasteiger partial charge in [-0.1, -0.05) is 48.5 Å². The molecule has 3 aromatic rings. The Balaban J connectivity index is 1.77. The van der Waals surface area contributed by atoms with Gasteiger partial charge >= 0.3 is 0 Å². The van der Waals surface area contributed by atoms with Crippen LogP contribution in [0.25, 0.3) is 10.9 Å². The van der Waals surface area contributed by atoms with Gasteiger partial charge in [0.25, 0.3) is 0 Å². The summed E-state index contributed by atoms with van der Waals surface area (Å²) in [6.07, 6.45) is 2.32. The van der Waals surface area contributed by atoms with Crippen molar-refractivity contribution in [3.63, 3.8) is 0 Å². The summed E-state index contributed by atoms with van der Waals surface area (Å²) >= 11 is 0. The van der Waals surface area contributed by atoms with Crippen LogP contribution in [0.3, 0.4) is 0 Å². The average Bonchev–Trinajstić information content (AvgIpc) is 3.04. The van der Waals surface area contributed by atoms with E-state index in [0.717, 1.165) is 22.0 Å². The lowest BCUT2D eigenvalue weighted by atomic mass is 10.0. The molecule has 0 saturated heterocycles. The molecule has 1 aromatic heterocycles. The Labute approximate surface area is 152 Å². The van der Waals surface area contributed by atoms with Crippen molar-refractivity contribution in [3.05, 3.63) is 71.9 Å². The molecule has 0 aliphatic heterocycles. The Bertz CT molecular complexity index is 902. The van der Waals surface area contributed by atoms with Crippen LogP contribution in [-0.2, 0) is 16.0 Å². The molecule has 134 valence electrons. The fraction of sp³-hybridized carbons (Fsp3) is 0.238. The standard InChI is InChI=1S/C21H23N3O2/c1-14(16-8-4-3-5-9-16)23-21(26)20(24-15(2)25)12-17-13-22-19-11-7-6-10-18(17)19/h3-11,13-14,20,22H,12H2,1-2H3,(H,23,26)(H,24,25)/t14-,20+/m0/s1. The predicted molar refractivity (Wildman–Crippen MR) is 103 cm³/mol. The van der Waals surface area contributed by atoms with E-state index in [1.165, 1.54) is 6.92 Å². The van der Waals surface area contributed by atoms with E-state index in [0.29, 0.717) is 6.42 Å². The smallest absolute Gasteiger partial charge is 0.243 e. The number of H-pyrrole nitrogens is 1. The Morgan fingerprint density at radius 3 is 2.42 bits per heavy atom. The largest absolute Gasteiger partial charge is 0.361 e. The highest BCUT2D eigenvalue weighted by Crippen LogP contribution is 2.19. The normalized spacial score (nSPS) is 13.2. The maximum absolute atomic E-state index is 12.8. The molecule has 0 spiro atoms. The molecule has 0 aliphatic carbocycles. The minimum atomic E-state index is -0.627. The minimum absolute atomic E-state index is 0.136. The zero-order valence-electron chi connectivity index (χ0n) is 15.0. The molecule has 0 radical (unpaired) electrons. The van der Waals surface area contributed by atoms with Gasteiger partial charge in [0.05, 0.1) is 6.04 Å². The summed E-state index contributed by atoms with van der Waals surface area (Å²) in [5.41, 5.74) is 3.04. The van der Waals surface area contributed by atoms with Crippen LogP contribution in [0.1, 0.15) is 31.0 Å². The zero-order chi connectivity index (χ0) is 18.5. The summed E-state index contributed by atoms with van der Waals surface area (Å²) in [6, 6.07) is 16.9. The molecule has 2 atom stereocenters. The number of aromatic amines is 1. The van der Waals surface area contributed by atoms with Crippen molar-refractivity contribution in [2.75, 3.05) is 0 Å². The zero-order valence-corrected chi connectivity index (χ0v) is 15.0. The first-order valence-electron chi connectivity index (χ1n) is 8.72. The molecular weight excluding hydrogens is 326 g/mol. The summed E-state index contributed by atoms with van der Waals surface area (Å²) in [4.78, 5) is 27.6. The number of fused-ring (bicyclic) bond motifs is 1. The van der Waals surface area contributed by atoms with E-state index in [9.17, 15) is 9.59 Å². The maximum atomic E-state index is 12.8. The SMILES string of the molecule is CC(=O)N[C@H](Cc1c[nH]c2ccccc12)C(=O)N[C@@H](C)c1ccccc1. The van der Waals surface area contributed by atoms with Crippen LogP contribution >= 0.6 is 0 Å². The lowest BCUT2D eigenvalue weighted by molar-refractivity contribution is -0.128. The number of hydrogen-bond acceptors (Lipinski definition) is 2. The van der Waals surface area contributed by atoms with Crippen LogP contribution in [0.15, 0.2) is 60.8 Å². The fourth-order valence-corrected chi connectivity index (χ4v) is 3.11. The van der Waals surface area contributed by atoms with Gasteiger partial charge in [0.2, 0.25) is 11.8 Å². The second-order valence-corrected chi connectivity index (χ2v) is 6.46. The van der Waals surface area contributed by atoms with Crippen molar-refractivity contribution in [1.82, 2.24) is 15.6 Å². The molecule has 5 heteroatoms. The van der Waals surface area contributed by atoms with E-state index in [2.05, 4.69) is 15.6 Å². The molecule has 0 bridgehead atoms. The van der Waals surface area contributed by atoms with Gasteiger partial charge in [-0.15, -0.1) is 0 Å². The molecule has 0 unspecified atom stereocenters. The quantitative estimate of drug-likeness (QED) is 0.640. The predicted octanol–water partition coefficient (Wildman–Crippen LogP) is 3.09. The summed E-state index contributed by atoms with van der Waals surface area (Å²) in [5, 5.41) is 6.83. The van der Waals surface area contributed by atoms with E-state index in [1.54, 1.807) is 0 Å². The van der Waals surface area contributed by atoms with Crippen LogP contribution in [0.5, 0.6) is 0 Å². The number of carbonyl (C=O) groups excluding carboxylic acids is 2. The van der Waals surface area contributed by atoms with Crippen LogP contribution in [0.2, 0.25) is 0 Å². The third-order valence-electron chi connectivity index (χ3n) is 4.45. The summed E-state index contributed by atoms with van der Waals surface area (Å²) < 4.78 is 0. The third-order valence-corrected chi connectivity index (χ3v) is 4.45. The van der Waals surface area contributed by atoms with Crippen LogP contribution < -0.4 is 10.6 Å². The van der Waals surface area contributed by atoms with Gasteiger partial charge in [0.15, 0.2) is 0 Å². The molecule has 0 saturated carbocycles. The lowest BCUT2D eigenvalue weighted by Gasteiger charge is -2.21. The lowest BCUT2D eigenvalue weighted by Crippen LogP contribution is -2.47. The second kappa shape index (κ2) is 7.87. The average molecular weight is 349 g/mol. The van der Waals surface area contributed by atoms with Gasteiger partial charge in [-0.3, -0.25) is 9.59 Å². The Morgan fingerprint density at radius 2 is 1.69 bits per heavy atom. The number of benzene rings is 2. The maximum Gasteiger partial charge on any atom is 0.243 e. The minimum Gasteiger partial charge on any atom is -0.361 e. The first-order chi connectivity index (χ1) is 12.5. The van der Waals surface area contributed by atoms with Gasteiger partial charge < -0.3 is 15.6 Å². The Morgan fingerprint density at radius 1 is 1.00 bits per heavy atom. The van der Waals surface area contributed by atoms with Gasteiger partial charge in [0, 0.05) is 30.4 Å². The van der Waals surface area contributed by atoms with Crippen molar-refractivity contribution in [1.29, 1.82) is 0 Å². The number of amides is 2. The number of rotatable bonds is 6. The third kappa shape index (κ3) is 4.11. The number of hydrogen-bond donors (Lipinski definition) is 3. The molecule has 3 rings (SSSR count). The highest BCUT2D eigenvalue weighted by atomic mass is 16.2. The highest BCUT2D eigenvalue weighted by molar-refractivity contribution is 5.89. The van der Waals surface area contributed by atoms with Gasteiger partial charge in [0.1, 0.15) is 6.04 Å². The van der Waals surface area contributed by atoms with Gasteiger partial charge in [-0.2, -0.15) is 0 Å². The molecule has 2 amide bonds. The van der Waals surface area contributed by atoms with Crippen molar-refractivity contribution in [3.8, 4) is 0 Å². The molecule has 1 heterocycles. The second-order valence-electron chi connectivity index (χ2n) is 6.46. The number of carbonyl (C=O) groups is 2. The first kappa shape index (κ1) is 17.7. The van der Waals surface area contributed by atoms with E-state index in [1.807, 2.05) is 67.7 Å². The van der Waals surface area contributed by atoms with E-state index < -0.39 is 6.04 Å². The molecule has 2 aromatic carbocycles. The summed E-state index contributed by atoms with van der Waals surface area (Å²) in [7, 11) is 0. The van der Waals surface area contributed by atoms with Crippen LogP contribution in [0, 0.1) is 0 Å². The highest BCUT2D eigenvalue weighted by Gasteiger charge is 2.23. The van der Waals surface area contributed by atoms with Crippen LogP contribution in [0.4, 0.5) is 0 Å². The first-order valence-corrected chi connectivity index (χ1v) is 8.72. The van der Waals surface area contributed by atoms with Crippen molar-refractivity contribution in [2.24, 2.45) is 0 Å². The van der Waals surface area contributed by atoms with Crippen molar-refractivity contribution < 1.29 is 9.59 Å². The molecule has 26 heavy (non-hydrogen) atoms. The van der Waals surface area contributed by atoms with E-state index in [-0.39, 0.29) is 17.9 Å². The Hall–Kier alpha value is -3.08. The number of para-hydroxylation sites is 1. The van der Waals surface area contributed by atoms with E-state index in [4.69, 9.17) is 0 Å². The van der Waals surface area contributed by atoms with E-state index >= 15 is 0 Å². The van der Waals surface area contributed by atoms with Crippen molar-refractivity contribution >= 4 is 22.7 Å². The topological polar surface area (TPSA) is 74.0 Å². The molecule has 0 fully saturated rings. The summed E-state index contributed by atoms with van der Waals surface area (Å²) in [5.74, 6) is -0.417. The number of nitrogens with one attached hydrogen (secondary N) is 3.